The lowest BCUT2D eigenvalue weighted by Crippen LogP contribution is -2.33. The van der Waals surface area contributed by atoms with Gasteiger partial charge in [-0.25, -0.2) is 4.39 Å². The molecule has 3 nitrogen and oxygen atoms in total. The fourth-order valence-corrected chi connectivity index (χ4v) is 3.11. The monoisotopic (exact) mass is 255 g/mol. The summed E-state index contributed by atoms with van der Waals surface area (Å²) < 4.78 is 17.7. The molecule has 0 radical (unpaired) electrons. The second-order valence-electron chi connectivity index (χ2n) is 3.79. The van der Waals surface area contributed by atoms with Crippen LogP contribution >= 0.6 is 11.8 Å². The van der Waals surface area contributed by atoms with Crippen LogP contribution in [0.3, 0.4) is 0 Å². The molecule has 1 aromatic carbocycles. The van der Waals surface area contributed by atoms with Crippen LogP contribution in [0.4, 0.5) is 4.39 Å². The standard InChI is InChI=1S/C12H14FNO2S/c1-16-8-11(15)14-6-7-17-12(14)9-2-4-10(13)5-3-9/h2-5,12H,6-8H2,1H3. The van der Waals surface area contributed by atoms with Gasteiger partial charge in [-0.3, -0.25) is 4.79 Å². The Morgan fingerprint density at radius 1 is 1.53 bits per heavy atom. The molecule has 1 unspecified atom stereocenters. The fraction of sp³-hybridized carbons (Fsp3) is 0.417. The van der Waals surface area contributed by atoms with Crippen LogP contribution in [0.25, 0.3) is 0 Å². The van der Waals surface area contributed by atoms with Crippen molar-refractivity contribution in [2.45, 2.75) is 5.37 Å². The van der Waals surface area contributed by atoms with Crippen molar-refractivity contribution in [1.82, 2.24) is 4.90 Å². The predicted molar refractivity (Wildman–Crippen MR) is 65.2 cm³/mol. The van der Waals surface area contributed by atoms with Gasteiger partial charge in [-0.15, -0.1) is 11.8 Å². The highest BCUT2D eigenvalue weighted by Crippen LogP contribution is 2.37. The smallest absolute Gasteiger partial charge is 0.249 e. The summed E-state index contributed by atoms with van der Waals surface area (Å²) in [6, 6.07) is 6.30. The summed E-state index contributed by atoms with van der Waals surface area (Å²) >= 11 is 1.69. The van der Waals surface area contributed by atoms with Crippen molar-refractivity contribution >= 4 is 17.7 Å². The van der Waals surface area contributed by atoms with Gasteiger partial charge in [0.05, 0.1) is 0 Å². The molecule has 1 atom stereocenters. The third kappa shape index (κ3) is 2.79. The molecule has 0 aromatic heterocycles. The number of benzene rings is 1. The number of amides is 1. The molecule has 5 heteroatoms. The Balaban J connectivity index is 2.14. The lowest BCUT2D eigenvalue weighted by molar-refractivity contribution is -0.135. The van der Waals surface area contributed by atoms with Gasteiger partial charge in [-0.1, -0.05) is 12.1 Å². The van der Waals surface area contributed by atoms with Gasteiger partial charge in [-0.05, 0) is 17.7 Å². The van der Waals surface area contributed by atoms with Crippen molar-refractivity contribution in [3.8, 4) is 0 Å². The number of rotatable bonds is 3. The maximum atomic E-state index is 12.8. The summed E-state index contributed by atoms with van der Waals surface area (Å²) in [7, 11) is 1.51. The van der Waals surface area contributed by atoms with E-state index in [1.807, 2.05) is 0 Å². The van der Waals surface area contributed by atoms with Gasteiger partial charge >= 0.3 is 0 Å². The maximum Gasteiger partial charge on any atom is 0.249 e. The van der Waals surface area contributed by atoms with Crippen molar-refractivity contribution in [3.63, 3.8) is 0 Å². The van der Waals surface area contributed by atoms with E-state index in [9.17, 15) is 9.18 Å². The average Bonchev–Trinajstić information content (AvgIpc) is 2.79. The Labute approximate surface area is 104 Å². The van der Waals surface area contributed by atoms with Crippen molar-refractivity contribution in [2.75, 3.05) is 26.0 Å². The Hall–Kier alpha value is -1.07. The fourth-order valence-electron chi connectivity index (χ4n) is 1.84. The molecule has 0 aliphatic carbocycles. The molecule has 17 heavy (non-hydrogen) atoms. The van der Waals surface area contributed by atoms with Gasteiger partial charge in [0.25, 0.3) is 0 Å². The largest absolute Gasteiger partial charge is 0.375 e. The van der Waals surface area contributed by atoms with E-state index in [1.54, 1.807) is 28.8 Å². The Kier molecular flexibility index (Phi) is 4.02. The van der Waals surface area contributed by atoms with E-state index in [0.717, 1.165) is 17.9 Å². The van der Waals surface area contributed by atoms with Gasteiger partial charge in [0.1, 0.15) is 17.8 Å². The van der Waals surface area contributed by atoms with Gasteiger partial charge in [-0.2, -0.15) is 0 Å². The van der Waals surface area contributed by atoms with Crippen LogP contribution in [0.5, 0.6) is 0 Å². The number of ether oxygens (including phenoxy) is 1. The molecule has 92 valence electrons. The molecule has 2 rings (SSSR count). The van der Waals surface area contributed by atoms with Crippen molar-refractivity contribution < 1.29 is 13.9 Å². The lowest BCUT2D eigenvalue weighted by Gasteiger charge is -2.23. The van der Waals surface area contributed by atoms with E-state index in [4.69, 9.17) is 4.74 Å². The van der Waals surface area contributed by atoms with Crippen LogP contribution in [0, 0.1) is 5.82 Å². The van der Waals surface area contributed by atoms with E-state index >= 15 is 0 Å². The number of halogens is 1. The highest BCUT2D eigenvalue weighted by Gasteiger charge is 2.30. The lowest BCUT2D eigenvalue weighted by atomic mass is 10.2. The second-order valence-corrected chi connectivity index (χ2v) is 4.98. The van der Waals surface area contributed by atoms with Crippen molar-refractivity contribution in [3.05, 3.63) is 35.6 Å². The van der Waals surface area contributed by atoms with E-state index < -0.39 is 0 Å². The molecule has 1 aromatic rings. The number of hydrogen-bond acceptors (Lipinski definition) is 3. The Morgan fingerprint density at radius 3 is 2.88 bits per heavy atom. The average molecular weight is 255 g/mol. The zero-order valence-corrected chi connectivity index (χ0v) is 10.4. The number of thioether (sulfide) groups is 1. The Morgan fingerprint density at radius 2 is 2.24 bits per heavy atom. The van der Waals surface area contributed by atoms with E-state index in [1.165, 1.54) is 19.2 Å². The van der Waals surface area contributed by atoms with Gasteiger partial charge in [0, 0.05) is 19.4 Å². The maximum absolute atomic E-state index is 12.8. The zero-order valence-electron chi connectivity index (χ0n) is 9.56. The normalized spacial score (nSPS) is 19.6. The third-order valence-electron chi connectivity index (χ3n) is 2.63. The SMILES string of the molecule is COCC(=O)N1CCSC1c1ccc(F)cc1. The van der Waals surface area contributed by atoms with Crippen LogP contribution in [-0.4, -0.2) is 36.8 Å². The highest BCUT2D eigenvalue weighted by molar-refractivity contribution is 7.99. The zero-order chi connectivity index (χ0) is 12.3. The number of methoxy groups -OCH3 is 1. The van der Waals surface area contributed by atoms with Crippen LogP contribution in [0.1, 0.15) is 10.9 Å². The minimum atomic E-state index is -0.258. The molecule has 1 fully saturated rings. The predicted octanol–water partition coefficient (Wildman–Crippen LogP) is 2.05. The quantitative estimate of drug-likeness (QED) is 0.828. The molecule has 0 N–H and O–H groups in total. The van der Waals surface area contributed by atoms with Crippen LogP contribution in [0.2, 0.25) is 0 Å². The summed E-state index contributed by atoms with van der Waals surface area (Å²) in [5.41, 5.74) is 0.957. The Bertz CT molecular complexity index is 396. The molecule has 0 bridgehead atoms. The van der Waals surface area contributed by atoms with Crippen molar-refractivity contribution in [2.24, 2.45) is 0 Å². The number of carbonyl (C=O) groups is 1. The highest BCUT2D eigenvalue weighted by atomic mass is 32.2. The second kappa shape index (κ2) is 5.51. The summed E-state index contributed by atoms with van der Waals surface area (Å²) in [6.07, 6.45) is 0. The van der Waals surface area contributed by atoms with E-state index in [2.05, 4.69) is 0 Å². The first-order chi connectivity index (χ1) is 8.22. The summed E-state index contributed by atoms with van der Waals surface area (Å²) in [5.74, 6) is 0.621. The van der Waals surface area contributed by atoms with Gasteiger partial charge in [0.15, 0.2) is 0 Å². The number of carbonyl (C=O) groups excluding carboxylic acids is 1. The number of nitrogens with zero attached hydrogens (tertiary/aromatic N) is 1. The molecule has 0 spiro atoms. The minimum absolute atomic E-state index is 0.0155. The molecular formula is C12H14FNO2S. The summed E-state index contributed by atoms with van der Waals surface area (Å²) in [6.45, 7) is 0.813. The molecule has 1 saturated heterocycles. The topological polar surface area (TPSA) is 29.5 Å². The van der Waals surface area contributed by atoms with Crippen molar-refractivity contribution in [1.29, 1.82) is 0 Å². The molecule has 0 saturated carbocycles. The van der Waals surface area contributed by atoms with Crippen LogP contribution in [-0.2, 0) is 9.53 Å². The van der Waals surface area contributed by atoms with Crippen LogP contribution in [0.15, 0.2) is 24.3 Å². The molecule has 1 heterocycles. The summed E-state index contributed by atoms with van der Waals surface area (Å²) in [4.78, 5) is 13.6. The molecule has 1 aliphatic rings. The number of hydrogen-bond donors (Lipinski definition) is 0. The molecular weight excluding hydrogens is 241 g/mol. The van der Waals surface area contributed by atoms with Gasteiger partial charge < -0.3 is 9.64 Å². The third-order valence-corrected chi connectivity index (χ3v) is 3.89. The first kappa shape index (κ1) is 12.4. The first-order valence-corrected chi connectivity index (χ1v) is 6.42. The van der Waals surface area contributed by atoms with E-state index in [-0.39, 0.29) is 23.7 Å². The van der Waals surface area contributed by atoms with E-state index in [0.29, 0.717) is 0 Å². The van der Waals surface area contributed by atoms with Gasteiger partial charge in [0.2, 0.25) is 5.91 Å². The minimum Gasteiger partial charge on any atom is -0.375 e. The first-order valence-electron chi connectivity index (χ1n) is 5.38. The van der Waals surface area contributed by atoms with Crippen LogP contribution < -0.4 is 0 Å². The molecule has 1 amide bonds. The summed E-state index contributed by atoms with van der Waals surface area (Å²) in [5, 5.41) is -0.0155. The molecule has 1 aliphatic heterocycles.